The van der Waals surface area contributed by atoms with Gasteiger partial charge in [-0.2, -0.15) is 0 Å². The predicted octanol–water partition coefficient (Wildman–Crippen LogP) is 1.16. The Balaban J connectivity index is 2.46. The van der Waals surface area contributed by atoms with Gasteiger partial charge in [-0.25, -0.2) is 0 Å². The number of nitrogens with one attached hydrogen (secondary N) is 2. The van der Waals surface area contributed by atoms with E-state index in [2.05, 4.69) is 28.0 Å². The summed E-state index contributed by atoms with van der Waals surface area (Å²) in [5, 5.41) is 7.54. The third kappa shape index (κ3) is 1.95. The van der Waals surface area contributed by atoms with Crippen molar-refractivity contribution in [2.75, 3.05) is 0 Å². The number of hydrazine groups is 1. The van der Waals surface area contributed by atoms with E-state index in [0.29, 0.717) is 5.92 Å². The smallest absolute Gasteiger partial charge is 0.0512 e. The normalized spacial score (nSPS) is 18.8. The van der Waals surface area contributed by atoms with E-state index < -0.39 is 0 Å². The largest absolute Gasteiger partial charge is 0.330 e. The molecule has 0 radical (unpaired) electrons. The lowest BCUT2D eigenvalue weighted by atomic mass is 10.2. The van der Waals surface area contributed by atoms with E-state index in [1.807, 2.05) is 0 Å². The lowest BCUT2D eigenvalue weighted by Gasteiger charge is -1.98. The summed E-state index contributed by atoms with van der Waals surface area (Å²) in [5.74, 6) is 5.57. The maximum absolute atomic E-state index is 7.54. The van der Waals surface area contributed by atoms with E-state index in [0.717, 1.165) is 9.29 Å². The van der Waals surface area contributed by atoms with Crippen LogP contribution >= 0.6 is 22.6 Å². The Morgan fingerprint density at radius 3 is 2.70 bits per heavy atom. The molecular weight excluding hydrogens is 241 g/mol. The minimum atomic E-state index is 0.511. The highest BCUT2D eigenvalue weighted by molar-refractivity contribution is 14.1. The van der Waals surface area contributed by atoms with Crippen LogP contribution < -0.4 is 11.3 Å². The molecule has 0 spiro atoms. The van der Waals surface area contributed by atoms with Crippen molar-refractivity contribution in [1.82, 2.24) is 5.43 Å². The van der Waals surface area contributed by atoms with Gasteiger partial charge < -0.3 is 10.8 Å². The summed E-state index contributed by atoms with van der Waals surface area (Å²) in [6, 6.07) is 0. The van der Waals surface area contributed by atoms with Crippen LogP contribution in [0, 0.1) is 11.3 Å². The molecule has 3 nitrogen and oxygen atoms in total. The van der Waals surface area contributed by atoms with Crippen LogP contribution in [0.5, 0.6) is 0 Å². The Kier molecular flexibility index (Phi) is 2.67. The monoisotopic (exact) mass is 251 g/mol. The molecule has 0 aromatic heterocycles. The summed E-state index contributed by atoms with van der Waals surface area (Å²) in [6.45, 7) is 0. The molecule has 0 atom stereocenters. The van der Waals surface area contributed by atoms with Gasteiger partial charge in [-0.05, 0) is 35.4 Å². The van der Waals surface area contributed by atoms with E-state index in [4.69, 9.17) is 11.3 Å². The summed E-state index contributed by atoms with van der Waals surface area (Å²) >= 11 is 2.12. The number of halogens is 1. The van der Waals surface area contributed by atoms with Crippen molar-refractivity contribution in [3.63, 3.8) is 0 Å². The van der Waals surface area contributed by atoms with Crippen LogP contribution in [0.4, 0.5) is 0 Å². The number of nitrogens with two attached hydrogens (primary N) is 1. The average Bonchev–Trinajstić information content (AvgIpc) is 2.68. The van der Waals surface area contributed by atoms with Gasteiger partial charge in [-0.1, -0.05) is 0 Å². The molecule has 4 N–H and O–H groups in total. The molecule has 1 rings (SSSR count). The molecule has 0 aromatic carbocycles. The Morgan fingerprint density at radius 2 is 2.30 bits per heavy atom. The highest BCUT2D eigenvalue weighted by atomic mass is 127. The maximum Gasteiger partial charge on any atom is 0.0512 e. The van der Waals surface area contributed by atoms with E-state index in [1.54, 1.807) is 6.20 Å². The van der Waals surface area contributed by atoms with Crippen molar-refractivity contribution in [1.29, 1.82) is 5.41 Å². The summed E-state index contributed by atoms with van der Waals surface area (Å²) < 4.78 is 0.919. The average molecular weight is 251 g/mol. The molecule has 0 aliphatic heterocycles. The zero-order valence-electron chi connectivity index (χ0n) is 5.52. The Hall–Kier alpha value is -0.100. The number of allylic oxidation sites excluding steroid dienone is 1. The quantitative estimate of drug-likeness (QED) is 0.305. The summed E-state index contributed by atoms with van der Waals surface area (Å²) in [6.07, 6.45) is 3.99. The minimum absolute atomic E-state index is 0.511. The number of hydrogen-bond donors (Lipinski definition) is 3. The van der Waals surface area contributed by atoms with E-state index in [1.165, 1.54) is 12.8 Å². The molecule has 0 bridgehead atoms. The maximum atomic E-state index is 7.54. The van der Waals surface area contributed by atoms with Crippen LogP contribution in [-0.2, 0) is 0 Å². The van der Waals surface area contributed by atoms with E-state index in [9.17, 15) is 0 Å². The Morgan fingerprint density at radius 1 is 1.70 bits per heavy atom. The number of hydrogen-bond acceptors (Lipinski definition) is 3. The minimum Gasteiger partial charge on any atom is -0.330 e. The molecular formula is C6H10IN3. The fourth-order valence-corrected chi connectivity index (χ4v) is 1.34. The standard InChI is InChI=1S/C6H10IN3/c7-5(3-10-9)6(8)4-1-2-4/h3-4,8,10H,1-2,9H2/b5-3+,8-6?. The van der Waals surface area contributed by atoms with Gasteiger partial charge in [-0.15, -0.1) is 0 Å². The highest BCUT2D eigenvalue weighted by Gasteiger charge is 2.27. The molecule has 0 amide bonds. The molecule has 0 unspecified atom stereocenters. The van der Waals surface area contributed by atoms with Gasteiger partial charge in [0.05, 0.1) is 3.58 Å². The van der Waals surface area contributed by atoms with Crippen molar-refractivity contribution in [2.45, 2.75) is 12.8 Å². The molecule has 56 valence electrons. The van der Waals surface area contributed by atoms with Crippen LogP contribution in [0.2, 0.25) is 0 Å². The Bertz CT molecular complexity index is 172. The highest BCUT2D eigenvalue weighted by Crippen LogP contribution is 2.33. The van der Waals surface area contributed by atoms with Crippen molar-refractivity contribution in [3.8, 4) is 0 Å². The first-order valence-electron chi connectivity index (χ1n) is 3.16. The zero-order chi connectivity index (χ0) is 7.56. The summed E-state index contributed by atoms with van der Waals surface area (Å²) in [5.41, 5.74) is 3.14. The fourth-order valence-electron chi connectivity index (χ4n) is 0.718. The van der Waals surface area contributed by atoms with Gasteiger partial charge in [0.1, 0.15) is 0 Å². The first-order chi connectivity index (χ1) is 4.75. The van der Waals surface area contributed by atoms with Crippen molar-refractivity contribution in [2.24, 2.45) is 11.8 Å². The van der Waals surface area contributed by atoms with E-state index >= 15 is 0 Å². The number of rotatable bonds is 3. The summed E-state index contributed by atoms with van der Waals surface area (Å²) in [7, 11) is 0. The molecule has 0 aromatic rings. The van der Waals surface area contributed by atoms with Crippen LogP contribution in [0.15, 0.2) is 9.78 Å². The van der Waals surface area contributed by atoms with Gasteiger partial charge in [0.2, 0.25) is 0 Å². The first kappa shape index (κ1) is 8.00. The van der Waals surface area contributed by atoms with Gasteiger partial charge in [0, 0.05) is 17.8 Å². The molecule has 10 heavy (non-hydrogen) atoms. The fraction of sp³-hybridized carbons (Fsp3) is 0.500. The first-order valence-corrected chi connectivity index (χ1v) is 4.24. The van der Waals surface area contributed by atoms with E-state index in [-0.39, 0.29) is 0 Å². The second-order valence-electron chi connectivity index (χ2n) is 2.35. The van der Waals surface area contributed by atoms with Gasteiger partial charge in [0.25, 0.3) is 0 Å². The zero-order valence-corrected chi connectivity index (χ0v) is 7.68. The second kappa shape index (κ2) is 3.34. The van der Waals surface area contributed by atoms with Gasteiger partial charge in [0.15, 0.2) is 0 Å². The molecule has 4 heteroatoms. The lowest BCUT2D eigenvalue weighted by Crippen LogP contribution is -2.15. The Labute approximate surface area is 73.7 Å². The van der Waals surface area contributed by atoms with Gasteiger partial charge >= 0.3 is 0 Å². The molecule has 1 fully saturated rings. The SMILES string of the molecule is N=C(/C(I)=C\NN)C1CC1. The van der Waals surface area contributed by atoms with Crippen molar-refractivity contribution >= 4 is 28.3 Å². The van der Waals surface area contributed by atoms with Crippen LogP contribution in [-0.4, -0.2) is 5.71 Å². The molecule has 0 heterocycles. The third-order valence-corrected chi connectivity index (χ3v) is 2.35. The summed E-state index contributed by atoms with van der Waals surface area (Å²) in [4.78, 5) is 0. The van der Waals surface area contributed by atoms with Crippen LogP contribution in [0.1, 0.15) is 12.8 Å². The molecule has 0 saturated heterocycles. The molecule has 1 aliphatic carbocycles. The van der Waals surface area contributed by atoms with Crippen LogP contribution in [0.3, 0.4) is 0 Å². The molecule has 1 aliphatic rings. The predicted molar refractivity (Wildman–Crippen MR) is 49.9 cm³/mol. The van der Waals surface area contributed by atoms with Crippen molar-refractivity contribution < 1.29 is 0 Å². The molecule has 1 saturated carbocycles. The topological polar surface area (TPSA) is 61.9 Å². The second-order valence-corrected chi connectivity index (χ2v) is 3.51. The van der Waals surface area contributed by atoms with Crippen LogP contribution in [0.25, 0.3) is 0 Å². The third-order valence-electron chi connectivity index (χ3n) is 1.45. The lowest BCUT2D eigenvalue weighted by molar-refractivity contribution is 0.966. The van der Waals surface area contributed by atoms with Crippen molar-refractivity contribution in [3.05, 3.63) is 9.78 Å². The van der Waals surface area contributed by atoms with Gasteiger partial charge in [-0.3, -0.25) is 5.84 Å².